The molecule has 1 unspecified atom stereocenters. The molecule has 2 nitrogen and oxygen atoms in total. The highest BCUT2D eigenvalue weighted by Gasteiger charge is 2.08. The molecule has 0 saturated heterocycles. The first-order valence-corrected chi connectivity index (χ1v) is 6.96. The number of halogens is 1. The SMILES string of the molecule is Cc1ccc(Br)cc1CN(C)CC(C)CCN. The molecule has 0 spiro atoms. The molecule has 0 aromatic heterocycles. The zero-order valence-electron chi connectivity index (χ0n) is 11.0. The summed E-state index contributed by atoms with van der Waals surface area (Å²) < 4.78 is 1.15. The van der Waals surface area contributed by atoms with Crippen molar-refractivity contribution in [2.45, 2.75) is 26.8 Å². The Morgan fingerprint density at radius 1 is 1.41 bits per heavy atom. The average molecular weight is 299 g/mol. The third-order valence-corrected chi connectivity index (χ3v) is 3.53. The van der Waals surface area contributed by atoms with Crippen LogP contribution in [-0.4, -0.2) is 25.0 Å². The number of hydrogen-bond donors (Lipinski definition) is 1. The Labute approximate surface area is 113 Å². The molecule has 0 bridgehead atoms. The topological polar surface area (TPSA) is 29.3 Å². The Hall–Kier alpha value is -0.380. The molecule has 1 atom stereocenters. The largest absolute Gasteiger partial charge is 0.330 e. The zero-order chi connectivity index (χ0) is 12.8. The fourth-order valence-electron chi connectivity index (χ4n) is 2.07. The first-order valence-electron chi connectivity index (χ1n) is 6.16. The van der Waals surface area contributed by atoms with Crippen LogP contribution in [0.25, 0.3) is 0 Å². The quantitative estimate of drug-likeness (QED) is 0.874. The van der Waals surface area contributed by atoms with Crippen LogP contribution in [0.1, 0.15) is 24.5 Å². The lowest BCUT2D eigenvalue weighted by atomic mass is 10.1. The highest BCUT2D eigenvalue weighted by atomic mass is 79.9. The molecule has 0 amide bonds. The summed E-state index contributed by atoms with van der Waals surface area (Å²) in [6.45, 7) is 7.31. The fourth-order valence-corrected chi connectivity index (χ4v) is 2.48. The lowest BCUT2D eigenvalue weighted by Crippen LogP contribution is -2.25. The Kier molecular flexibility index (Phi) is 6.17. The molecule has 1 aromatic rings. The van der Waals surface area contributed by atoms with Crippen LogP contribution in [-0.2, 0) is 6.54 Å². The van der Waals surface area contributed by atoms with Crippen molar-refractivity contribution in [2.75, 3.05) is 20.1 Å². The fraction of sp³-hybridized carbons (Fsp3) is 0.571. The van der Waals surface area contributed by atoms with Crippen molar-refractivity contribution in [3.05, 3.63) is 33.8 Å². The number of aryl methyl sites for hydroxylation is 1. The molecule has 0 saturated carbocycles. The van der Waals surface area contributed by atoms with Gasteiger partial charge in [-0.05, 0) is 56.1 Å². The third kappa shape index (κ3) is 5.19. The van der Waals surface area contributed by atoms with E-state index in [1.54, 1.807) is 0 Å². The number of hydrogen-bond acceptors (Lipinski definition) is 2. The molecule has 0 aliphatic heterocycles. The zero-order valence-corrected chi connectivity index (χ0v) is 12.6. The highest BCUT2D eigenvalue weighted by molar-refractivity contribution is 9.10. The summed E-state index contributed by atoms with van der Waals surface area (Å²) in [6.07, 6.45) is 1.10. The maximum atomic E-state index is 5.58. The van der Waals surface area contributed by atoms with Gasteiger partial charge in [-0.25, -0.2) is 0 Å². The summed E-state index contributed by atoms with van der Waals surface area (Å²) >= 11 is 3.53. The van der Waals surface area contributed by atoms with Gasteiger partial charge in [-0.1, -0.05) is 28.9 Å². The molecule has 1 aromatic carbocycles. The molecule has 0 radical (unpaired) electrons. The lowest BCUT2D eigenvalue weighted by molar-refractivity contribution is 0.272. The summed E-state index contributed by atoms with van der Waals surface area (Å²) in [4.78, 5) is 2.37. The normalized spacial score (nSPS) is 13.1. The highest BCUT2D eigenvalue weighted by Crippen LogP contribution is 2.17. The molecule has 0 heterocycles. The Bertz CT molecular complexity index is 352. The monoisotopic (exact) mass is 298 g/mol. The predicted octanol–water partition coefficient (Wildman–Crippen LogP) is 3.17. The number of nitrogens with zero attached hydrogens (tertiary/aromatic N) is 1. The van der Waals surface area contributed by atoms with E-state index >= 15 is 0 Å². The van der Waals surface area contributed by atoms with Gasteiger partial charge in [0.15, 0.2) is 0 Å². The first-order chi connectivity index (χ1) is 8.02. The molecule has 3 heteroatoms. The van der Waals surface area contributed by atoms with Crippen molar-refractivity contribution in [2.24, 2.45) is 11.7 Å². The second-order valence-corrected chi connectivity index (χ2v) is 5.87. The summed E-state index contributed by atoms with van der Waals surface area (Å²) in [7, 11) is 2.17. The molecule has 0 aliphatic rings. The van der Waals surface area contributed by atoms with Gasteiger partial charge in [0.25, 0.3) is 0 Å². The van der Waals surface area contributed by atoms with Crippen molar-refractivity contribution in [3.63, 3.8) is 0 Å². The van der Waals surface area contributed by atoms with E-state index in [4.69, 9.17) is 5.73 Å². The van der Waals surface area contributed by atoms with Crippen LogP contribution in [0.15, 0.2) is 22.7 Å². The first kappa shape index (κ1) is 14.7. The van der Waals surface area contributed by atoms with Crippen molar-refractivity contribution in [1.29, 1.82) is 0 Å². The van der Waals surface area contributed by atoms with Crippen LogP contribution in [0.4, 0.5) is 0 Å². The maximum Gasteiger partial charge on any atom is 0.0233 e. The van der Waals surface area contributed by atoms with Gasteiger partial charge in [0.1, 0.15) is 0 Å². The van der Waals surface area contributed by atoms with Crippen molar-refractivity contribution < 1.29 is 0 Å². The minimum absolute atomic E-state index is 0.664. The minimum atomic E-state index is 0.664. The van der Waals surface area contributed by atoms with Gasteiger partial charge in [0.2, 0.25) is 0 Å². The molecule has 0 fully saturated rings. The average Bonchev–Trinajstić information content (AvgIpc) is 2.23. The van der Waals surface area contributed by atoms with Gasteiger partial charge in [-0.2, -0.15) is 0 Å². The Balaban J connectivity index is 2.55. The van der Waals surface area contributed by atoms with E-state index in [2.05, 4.69) is 59.9 Å². The number of benzene rings is 1. The molecule has 2 N–H and O–H groups in total. The molecule has 96 valence electrons. The second kappa shape index (κ2) is 7.14. The molecular formula is C14H23BrN2. The van der Waals surface area contributed by atoms with Crippen molar-refractivity contribution in [1.82, 2.24) is 4.90 Å². The molecule has 0 aliphatic carbocycles. The van der Waals surface area contributed by atoms with E-state index < -0.39 is 0 Å². The van der Waals surface area contributed by atoms with Gasteiger partial charge < -0.3 is 10.6 Å². The van der Waals surface area contributed by atoms with Crippen LogP contribution in [0.3, 0.4) is 0 Å². The Morgan fingerprint density at radius 2 is 2.12 bits per heavy atom. The van der Waals surface area contributed by atoms with E-state index in [9.17, 15) is 0 Å². The van der Waals surface area contributed by atoms with Gasteiger partial charge >= 0.3 is 0 Å². The van der Waals surface area contributed by atoms with E-state index in [0.717, 1.165) is 30.5 Å². The van der Waals surface area contributed by atoms with Gasteiger partial charge in [0, 0.05) is 17.6 Å². The minimum Gasteiger partial charge on any atom is -0.330 e. The molecule has 17 heavy (non-hydrogen) atoms. The van der Waals surface area contributed by atoms with Gasteiger partial charge in [-0.15, -0.1) is 0 Å². The number of rotatable bonds is 6. The second-order valence-electron chi connectivity index (χ2n) is 4.95. The summed E-state index contributed by atoms with van der Waals surface area (Å²) in [5.41, 5.74) is 8.32. The van der Waals surface area contributed by atoms with Gasteiger partial charge in [0.05, 0.1) is 0 Å². The standard InChI is InChI=1S/C14H23BrN2/c1-11(6-7-16)9-17(3)10-13-8-14(15)5-4-12(13)2/h4-5,8,11H,6-7,9-10,16H2,1-3H3. The maximum absolute atomic E-state index is 5.58. The van der Waals surface area contributed by atoms with Crippen molar-refractivity contribution >= 4 is 15.9 Å². The molecule has 1 rings (SSSR count). The summed E-state index contributed by atoms with van der Waals surface area (Å²) in [5, 5.41) is 0. The summed E-state index contributed by atoms with van der Waals surface area (Å²) in [5.74, 6) is 0.664. The van der Waals surface area contributed by atoms with Crippen molar-refractivity contribution in [3.8, 4) is 0 Å². The van der Waals surface area contributed by atoms with Gasteiger partial charge in [-0.3, -0.25) is 0 Å². The van der Waals surface area contributed by atoms with Crippen LogP contribution >= 0.6 is 15.9 Å². The van der Waals surface area contributed by atoms with Crippen LogP contribution in [0, 0.1) is 12.8 Å². The van der Waals surface area contributed by atoms with E-state index in [0.29, 0.717) is 5.92 Å². The van der Waals surface area contributed by atoms with Crippen LogP contribution < -0.4 is 5.73 Å². The third-order valence-electron chi connectivity index (χ3n) is 3.03. The Morgan fingerprint density at radius 3 is 2.76 bits per heavy atom. The van der Waals surface area contributed by atoms with Crippen LogP contribution in [0.2, 0.25) is 0 Å². The predicted molar refractivity (Wildman–Crippen MR) is 78.0 cm³/mol. The van der Waals surface area contributed by atoms with E-state index in [1.807, 2.05) is 0 Å². The van der Waals surface area contributed by atoms with E-state index in [1.165, 1.54) is 11.1 Å². The van der Waals surface area contributed by atoms with Crippen LogP contribution in [0.5, 0.6) is 0 Å². The smallest absolute Gasteiger partial charge is 0.0233 e. The van der Waals surface area contributed by atoms with E-state index in [-0.39, 0.29) is 0 Å². The lowest BCUT2D eigenvalue weighted by Gasteiger charge is -2.22. The molecular weight excluding hydrogens is 276 g/mol. The summed E-state index contributed by atoms with van der Waals surface area (Å²) in [6, 6.07) is 6.46. The number of nitrogens with two attached hydrogens (primary N) is 1.